The fourth-order valence-corrected chi connectivity index (χ4v) is 4.28. The Bertz CT molecular complexity index is 1350. The third-order valence-electron chi connectivity index (χ3n) is 5.84. The molecule has 1 unspecified atom stereocenters. The number of aromatic nitrogens is 6. The van der Waals surface area contributed by atoms with Gasteiger partial charge in [-0.3, -0.25) is 9.29 Å². The Hall–Kier alpha value is -3.48. The third-order valence-corrected chi connectivity index (χ3v) is 5.84. The molecule has 1 aromatic carbocycles. The summed E-state index contributed by atoms with van der Waals surface area (Å²) in [5.41, 5.74) is 2.11. The van der Waals surface area contributed by atoms with E-state index in [9.17, 15) is 13.2 Å². The van der Waals surface area contributed by atoms with E-state index in [2.05, 4.69) is 25.7 Å². The van der Waals surface area contributed by atoms with Gasteiger partial charge in [-0.05, 0) is 31.2 Å². The molecule has 4 heterocycles. The molecule has 13 heteroatoms. The lowest BCUT2D eigenvalue weighted by atomic mass is 10.1. The molecule has 0 amide bonds. The maximum absolute atomic E-state index is 15.2. The molecule has 1 saturated heterocycles. The Balaban J connectivity index is 1.57. The van der Waals surface area contributed by atoms with E-state index >= 15 is 4.39 Å². The average Bonchev–Trinajstić information content (AvgIpc) is 3.43. The summed E-state index contributed by atoms with van der Waals surface area (Å²) in [7, 11) is 2.96. The number of fused-ring (bicyclic) bond motifs is 2. The first-order valence-electron chi connectivity index (χ1n) is 10.7. The number of ether oxygens (including phenoxy) is 1. The summed E-state index contributed by atoms with van der Waals surface area (Å²) in [6, 6.07) is 3.87. The van der Waals surface area contributed by atoms with Gasteiger partial charge in [-0.2, -0.15) is 4.98 Å². The van der Waals surface area contributed by atoms with Gasteiger partial charge in [0.25, 0.3) is 5.92 Å². The molecule has 0 saturated carbocycles. The lowest BCUT2D eigenvalue weighted by Gasteiger charge is -2.19. The van der Waals surface area contributed by atoms with Crippen LogP contribution in [-0.4, -0.2) is 80.4 Å². The van der Waals surface area contributed by atoms with Gasteiger partial charge in [0, 0.05) is 13.1 Å². The predicted octanol–water partition coefficient (Wildman–Crippen LogP) is 3.01. The van der Waals surface area contributed by atoms with Gasteiger partial charge in [0.2, 0.25) is 11.8 Å². The van der Waals surface area contributed by atoms with Crippen LogP contribution in [0.1, 0.15) is 6.42 Å². The van der Waals surface area contributed by atoms with Crippen molar-refractivity contribution in [3.05, 3.63) is 30.2 Å². The first-order valence-corrected chi connectivity index (χ1v) is 10.7. The molecule has 1 aliphatic heterocycles. The van der Waals surface area contributed by atoms with Crippen molar-refractivity contribution in [1.82, 2.24) is 34.5 Å². The van der Waals surface area contributed by atoms with Gasteiger partial charge in [-0.25, -0.2) is 22.4 Å². The number of methoxy groups -OCH3 is 1. The van der Waals surface area contributed by atoms with Crippen molar-refractivity contribution in [2.75, 3.05) is 39.2 Å². The van der Waals surface area contributed by atoms with E-state index in [1.54, 1.807) is 29.9 Å². The second-order valence-corrected chi connectivity index (χ2v) is 8.30. The number of halogens is 4. The molecule has 0 spiro atoms. The molecule has 34 heavy (non-hydrogen) atoms. The molecule has 0 aliphatic carbocycles. The lowest BCUT2D eigenvalue weighted by molar-refractivity contribution is 0.00583. The van der Waals surface area contributed by atoms with Crippen LogP contribution < -0.4 is 10.1 Å². The van der Waals surface area contributed by atoms with Crippen LogP contribution in [0.2, 0.25) is 0 Å². The topological polar surface area (TPSA) is 85.4 Å². The number of nitrogens with one attached hydrogen (secondary N) is 1. The number of hydrogen-bond acceptors (Lipinski definition) is 7. The number of alkyl halides is 3. The van der Waals surface area contributed by atoms with Gasteiger partial charge in [0.05, 0.1) is 37.6 Å². The Kier molecular flexibility index (Phi) is 5.50. The molecule has 1 N–H and O–H groups in total. The van der Waals surface area contributed by atoms with E-state index in [-0.39, 0.29) is 42.4 Å². The highest BCUT2D eigenvalue weighted by molar-refractivity contribution is 5.89. The summed E-state index contributed by atoms with van der Waals surface area (Å²) in [6.07, 6.45) is 1.42. The van der Waals surface area contributed by atoms with Crippen molar-refractivity contribution < 1.29 is 22.3 Å². The SMILES string of the molecule is COc1nc(NC2CN(C)CC2(F)F)nn2cc(F)c(-c3ccc4nnn(CCCF)c4c3)c12. The summed E-state index contributed by atoms with van der Waals surface area (Å²) in [5, 5.41) is 15.0. The highest BCUT2D eigenvalue weighted by Crippen LogP contribution is 2.36. The number of anilines is 1. The minimum atomic E-state index is -2.97. The van der Waals surface area contributed by atoms with Crippen molar-refractivity contribution >= 4 is 22.5 Å². The summed E-state index contributed by atoms with van der Waals surface area (Å²) in [5.74, 6) is -3.65. The number of likely N-dealkylation sites (N-methyl/N-ethyl adjacent to an activating group) is 1. The highest BCUT2D eigenvalue weighted by atomic mass is 19.3. The molecule has 1 atom stereocenters. The smallest absolute Gasteiger partial charge is 0.281 e. The van der Waals surface area contributed by atoms with Crippen LogP contribution in [0.4, 0.5) is 23.5 Å². The maximum atomic E-state index is 15.2. The molecule has 0 bridgehead atoms. The molecule has 0 radical (unpaired) electrons. The summed E-state index contributed by atoms with van der Waals surface area (Å²) >= 11 is 0. The van der Waals surface area contributed by atoms with Gasteiger partial charge in [0.15, 0.2) is 5.82 Å². The number of rotatable bonds is 7. The largest absolute Gasteiger partial charge is 0.479 e. The highest BCUT2D eigenvalue weighted by Gasteiger charge is 2.47. The fourth-order valence-electron chi connectivity index (χ4n) is 4.28. The van der Waals surface area contributed by atoms with Crippen LogP contribution >= 0.6 is 0 Å². The Morgan fingerprint density at radius 2 is 2.12 bits per heavy atom. The average molecular weight is 478 g/mol. The van der Waals surface area contributed by atoms with E-state index in [0.29, 0.717) is 23.1 Å². The van der Waals surface area contributed by atoms with E-state index < -0.39 is 24.5 Å². The molecule has 1 aliphatic rings. The van der Waals surface area contributed by atoms with Gasteiger partial charge in [0.1, 0.15) is 17.1 Å². The molecule has 180 valence electrons. The standard InChI is InChI=1S/C21H22F4N8O/c1-31-10-16(21(24,25)11-31)26-20-27-19(34-2)18-17(13(23)9-33(18)29-20)12-4-5-14-15(8-12)32(30-28-14)7-3-6-22/h4-5,8-9,16H,3,6-7,10-11H2,1-2H3,(H,26,29). The third kappa shape index (κ3) is 3.79. The number of benzene rings is 1. The molecule has 9 nitrogen and oxygen atoms in total. The lowest BCUT2D eigenvalue weighted by Crippen LogP contribution is -2.38. The van der Waals surface area contributed by atoms with Crippen LogP contribution in [0.25, 0.3) is 27.7 Å². The number of nitrogens with zero attached hydrogens (tertiary/aromatic N) is 7. The predicted molar refractivity (Wildman–Crippen MR) is 116 cm³/mol. The second-order valence-electron chi connectivity index (χ2n) is 8.30. The molecule has 5 rings (SSSR count). The zero-order chi connectivity index (χ0) is 24.0. The first-order chi connectivity index (χ1) is 16.3. The second kappa shape index (κ2) is 8.38. The van der Waals surface area contributed by atoms with E-state index in [4.69, 9.17) is 4.74 Å². The van der Waals surface area contributed by atoms with Crippen molar-refractivity contribution in [3.8, 4) is 17.0 Å². The Morgan fingerprint density at radius 1 is 1.29 bits per heavy atom. The Morgan fingerprint density at radius 3 is 2.82 bits per heavy atom. The Labute approximate surface area is 191 Å². The molecule has 1 fully saturated rings. The molecule has 3 aromatic heterocycles. The van der Waals surface area contributed by atoms with Gasteiger partial charge in [-0.1, -0.05) is 11.3 Å². The van der Waals surface area contributed by atoms with Crippen molar-refractivity contribution in [1.29, 1.82) is 0 Å². The molecular formula is C21H22F4N8O. The van der Waals surface area contributed by atoms with Gasteiger partial charge >= 0.3 is 0 Å². The normalized spacial score (nSPS) is 18.2. The summed E-state index contributed by atoms with van der Waals surface area (Å²) < 4.78 is 64.5. The van der Waals surface area contributed by atoms with Crippen molar-refractivity contribution in [2.45, 2.75) is 24.9 Å². The van der Waals surface area contributed by atoms with E-state index in [1.807, 2.05) is 0 Å². The number of hydrogen-bond donors (Lipinski definition) is 1. The van der Waals surface area contributed by atoms with Crippen LogP contribution in [0, 0.1) is 5.82 Å². The summed E-state index contributed by atoms with van der Waals surface area (Å²) in [6.45, 7) is -0.441. The monoisotopic (exact) mass is 478 g/mol. The van der Waals surface area contributed by atoms with Gasteiger partial charge in [-0.15, -0.1) is 10.2 Å². The number of aryl methyl sites for hydroxylation is 1. The van der Waals surface area contributed by atoms with Crippen molar-refractivity contribution in [2.24, 2.45) is 0 Å². The zero-order valence-corrected chi connectivity index (χ0v) is 18.5. The van der Waals surface area contributed by atoms with Crippen LogP contribution in [0.5, 0.6) is 5.88 Å². The zero-order valence-electron chi connectivity index (χ0n) is 18.5. The molecule has 4 aromatic rings. The van der Waals surface area contributed by atoms with Crippen molar-refractivity contribution in [3.63, 3.8) is 0 Å². The van der Waals surface area contributed by atoms with Crippen LogP contribution in [0.15, 0.2) is 24.4 Å². The van der Waals surface area contributed by atoms with E-state index in [1.165, 1.54) is 16.5 Å². The number of likely N-dealkylation sites (tertiary alicyclic amines) is 1. The minimum absolute atomic E-state index is 0.0234. The first kappa shape index (κ1) is 22.3. The van der Waals surface area contributed by atoms with Crippen LogP contribution in [-0.2, 0) is 6.54 Å². The van der Waals surface area contributed by atoms with Crippen LogP contribution in [0.3, 0.4) is 0 Å². The van der Waals surface area contributed by atoms with Gasteiger partial charge < -0.3 is 10.1 Å². The molecular weight excluding hydrogens is 456 g/mol. The summed E-state index contributed by atoms with van der Waals surface area (Å²) in [4.78, 5) is 5.73. The quantitative estimate of drug-likeness (QED) is 0.409. The van der Waals surface area contributed by atoms with E-state index in [0.717, 1.165) is 6.20 Å². The fraction of sp³-hybridized carbons (Fsp3) is 0.429. The minimum Gasteiger partial charge on any atom is -0.479 e. The maximum Gasteiger partial charge on any atom is 0.281 e.